The molecule has 73 heavy (non-hydrogen) atoms. The minimum atomic E-state index is -1.02. The van der Waals surface area contributed by atoms with Crippen LogP contribution in [-0.4, -0.2) is 151 Å². The maximum absolute atomic E-state index is 14.6. The Morgan fingerprint density at radius 3 is 2.04 bits per heavy atom. The van der Waals surface area contributed by atoms with Crippen LogP contribution in [0.1, 0.15) is 111 Å². The number of benzene rings is 2. The number of anilines is 1. The smallest absolute Gasteiger partial charge is 0.410 e. The van der Waals surface area contributed by atoms with Gasteiger partial charge in [0.2, 0.25) is 29.5 Å². The van der Waals surface area contributed by atoms with E-state index in [4.69, 9.17) is 25.7 Å². The third kappa shape index (κ3) is 17.7. The summed E-state index contributed by atoms with van der Waals surface area (Å²) in [4.78, 5) is 98.2. The van der Waals surface area contributed by atoms with Crippen LogP contribution in [0.25, 0.3) is 0 Å². The Kier molecular flexibility index (Phi) is 25.1. The van der Waals surface area contributed by atoms with E-state index in [0.717, 1.165) is 0 Å². The average Bonchev–Trinajstić information content (AvgIpc) is 3.85. The van der Waals surface area contributed by atoms with Crippen molar-refractivity contribution in [3.63, 3.8) is 0 Å². The molecule has 0 aliphatic carbocycles. The number of nitrogens with one attached hydrogen (secondary N) is 4. The summed E-state index contributed by atoms with van der Waals surface area (Å²) in [5.41, 5.74) is 12.8. The molecule has 1 heterocycles. The van der Waals surface area contributed by atoms with Crippen molar-refractivity contribution in [1.82, 2.24) is 30.7 Å². The molecule has 0 bridgehead atoms. The van der Waals surface area contributed by atoms with Gasteiger partial charge in [0.25, 0.3) is 0 Å². The first-order chi connectivity index (χ1) is 34.5. The highest BCUT2D eigenvalue weighted by Gasteiger charge is 2.44. The highest BCUT2D eigenvalue weighted by Crippen LogP contribution is 2.30. The van der Waals surface area contributed by atoms with Crippen LogP contribution < -0.4 is 32.7 Å². The molecule has 20 heteroatoms. The van der Waals surface area contributed by atoms with Gasteiger partial charge >= 0.3 is 12.1 Å². The first kappa shape index (κ1) is 61.5. The minimum Gasteiger partial charge on any atom is -0.445 e. The second kappa shape index (κ2) is 29.8. The highest BCUT2D eigenvalue weighted by atomic mass is 16.6. The molecule has 0 aromatic heterocycles. The van der Waals surface area contributed by atoms with Crippen LogP contribution in [0.15, 0.2) is 54.6 Å². The first-order valence-electron chi connectivity index (χ1n) is 25.5. The Morgan fingerprint density at radius 1 is 0.836 bits per heavy atom. The molecule has 1 aliphatic rings. The van der Waals surface area contributed by atoms with Crippen LogP contribution in [-0.2, 0) is 44.8 Å². The Balaban J connectivity index is 1.68. The van der Waals surface area contributed by atoms with Gasteiger partial charge in [-0.1, -0.05) is 97.4 Å². The molecular weight excluding hydrogens is 939 g/mol. The predicted octanol–water partition coefficient (Wildman–Crippen LogP) is 4.29. The summed E-state index contributed by atoms with van der Waals surface area (Å²) in [5.74, 6) is -3.42. The molecule has 3 rings (SSSR count). The van der Waals surface area contributed by atoms with Crippen LogP contribution in [0.2, 0.25) is 0 Å². The number of likely N-dealkylation sites (tertiary alicyclic amines) is 1. The van der Waals surface area contributed by atoms with Gasteiger partial charge in [-0.15, -0.1) is 0 Å². The monoisotopic (exact) mass is 1020 g/mol. The van der Waals surface area contributed by atoms with Crippen molar-refractivity contribution >= 4 is 47.3 Å². The van der Waals surface area contributed by atoms with Gasteiger partial charge in [-0.3, -0.25) is 28.9 Å². The van der Waals surface area contributed by atoms with E-state index in [1.807, 2.05) is 45.9 Å². The van der Waals surface area contributed by atoms with E-state index < -0.39 is 84.4 Å². The van der Waals surface area contributed by atoms with Crippen LogP contribution in [0.4, 0.5) is 15.3 Å². The predicted molar refractivity (Wildman–Crippen MR) is 278 cm³/mol. The number of hydrogen-bond acceptors (Lipinski definition) is 12. The molecule has 0 saturated carbocycles. The number of aliphatic hydroxyl groups excluding tert-OH is 1. The molecule has 1 saturated heterocycles. The van der Waals surface area contributed by atoms with E-state index in [9.17, 15) is 38.7 Å². The third-order valence-electron chi connectivity index (χ3n) is 14.0. The number of carbonyl (C=O) groups excluding carboxylic acids is 7. The summed E-state index contributed by atoms with van der Waals surface area (Å²) < 4.78 is 17.6. The zero-order valence-corrected chi connectivity index (χ0v) is 45.1. The van der Waals surface area contributed by atoms with Crippen molar-refractivity contribution in [3.8, 4) is 0 Å². The number of primary amides is 1. The SMILES string of the molecule is CC[C@H](C)[C@@H]([C@@H](CC(=O)N1CCC[C@H]1[C@H](OC)[C@@H](C)C(=O)N[C@H](C)[C@@H](O)c1ccccc1)OC)N(C)C(=O)[C@@H](NC(=O)[C@H](C(C)C)N(C)C(=O)OCc1ccc(NC(=O)[C@@H](N)CCCNC(N)=O)cc1)C(C)C. The largest absolute Gasteiger partial charge is 0.445 e. The number of likely N-dealkylation sites (N-methyl/N-ethyl adjacent to an activating group) is 2. The molecule has 408 valence electrons. The molecule has 8 amide bonds. The first-order valence-corrected chi connectivity index (χ1v) is 25.5. The molecule has 2 aromatic carbocycles. The maximum atomic E-state index is 14.6. The van der Waals surface area contributed by atoms with Gasteiger partial charge in [-0.05, 0) is 73.6 Å². The van der Waals surface area contributed by atoms with Crippen LogP contribution in [0, 0.1) is 23.7 Å². The zero-order valence-electron chi connectivity index (χ0n) is 45.1. The molecule has 0 radical (unpaired) electrons. The van der Waals surface area contributed by atoms with Gasteiger partial charge in [-0.2, -0.15) is 0 Å². The highest BCUT2D eigenvalue weighted by molar-refractivity contribution is 5.94. The summed E-state index contributed by atoms with van der Waals surface area (Å²) >= 11 is 0. The fourth-order valence-corrected chi connectivity index (χ4v) is 9.52. The maximum Gasteiger partial charge on any atom is 0.410 e. The standard InChI is InChI=1S/C53H85N9O11/c1-13-33(6)45(41(71-11)29-42(63)62-28-18-22-40(62)47(72-12)34(7)48(65)57-35(8)46(64)37-19-15-14-16-20-37)60(9)51(68)43(31(2)3)59-50(67)44(32(4)5)61(10)53(70)73-30-36-23-25-38(26-24-36)58-49(66)39(54)21-17-27-56-52(55)69/h14-16,19-20,23-26,31-35,39-41,43-47,64H,13,17-18,21-22,27-30,54H2,1-12H3,(H,57,65)(H,58,66)(H,59,67)(H3,55,56,69)/t33-,34+,35+,39-,40-,41+,43-,44-,45-,46+,47+/m0/s1. The van der Waals surface area contributed by atoms with Gasteiger partial charge in [0, 0.05) is 47.1 Å². The number of amides is 8. The second-order valence-electron chi connectivity index (χ2n) is 20.1. The normalized spacial score (nSPS) is 17.7. The molecule has 0 unspecified atom stereocenters. The van der Waals surface area contributed by atoms with E-state index in [0.29, 0.717) is 62.0 Å². The zero-order chi connectivity index (χ0) is 54.7. The molecule has 11 atom stereocenters. The summed E-state index contributed by atoms with van der Waals surface area (Å²) in [6.07, 6.45) is -0.360. The van der Waals surface area contributed by atoms with E-state index in [2.05, 4.69) is 21.3 Å². The molecule has 0 spiro atoms. The second-order valence-corrected chi connectivity index (χ2v) is 20.1. The summed E-state index contributed by atoms with van der Waals surface area (Å²) in [7, 11) is 6.15. The number of nitrogens with two attached hydrogens (primary N) is 2. The van der Waals surface area contributed by atoms with Gasteiger partial charge < -0.3 is 61.9 Å². The van der Waals surface area contributed by atoms with E-state index in [1.54, 1.807) is 80.9 Å². The summed E-state index contributed by atoms with van der Waals surface area (Å²) in [5, 5.41) is 22.0. The quantitative estimate of drug-likeness (QED) is 0.0588. The van der Waals surface area contributed by atoms with Gasteiger partial charge in [0.1, 0.15) is 18.7 Å². The summed E-state index contributed by atoms with van der Waals surface area (Å²) in [6, 6.07) is 10.7. The third-order valence-corrected chi connectivity index (χ3v) is 14.0. The molecular formula is C53H85N9O11. The molecule has 2 aromatic rings. The lowest BCUT2D eigenvalue weighted by atomic mass is 9.89. The lowest BCUT2D eigenvalue weighted by molar-refractivity contribution is -0.148. The number of methoxy groups -OCH3 is 2. The average molecular weight is 1020 g/mol. The van der Waals surface area contributed by atoms with Crippen LogP contribution >= 0.6 is 0 Å². The molecule has 20 nitrogen and oxygen atoms in total. The van der Waals surface area contributed by atoms with Crippen LogP contribution in [0.3, 0.4) is 0 Å². The Morgan fingerprint density at radius 2 is 1.48 bits per heavy atom. The van der Waals surface area contributed by atoms with Crippen molar-refractivity contribution in [3.05, 3.63) is 65.7 Å². The lowest BCUT2D eigenvalue weighted by Gasteiger charge is -2.41. The van der Waals surface area contributed by atoms with Gasteiger partial charge in [0.05, 0.1) is 54.8 Å². The van der Waals surface area contributed by atoms with E-state index >= 15 is 0 Å². The van der Waals surface area contributed by atoms with E-state index in [1.165, 1.54) is 26.2 Å². The van der Waals surface area contributed by atoms with Crippen molar-refractivity contribution < 1.29 is 52.9 Å². The molecule has 1 aliphatic heterocycles. The van der Waals surface area contributed by atoms with E-state index in [-0.39, 0.29) is 48.5 Å². The number of urea groups is 1. The minimum absolute atomic E-state index is 0.0621. The Labute approximate surface area is 432 Å². The van der Waals surface area contributed by atoms with Crippen molar-refractivity contribution in [2.24, 2.45) is 35.1 Å². The van der Waals surface area contributed by atoms with Crippen molar-refractivity contribution in [2.75, 3.05) is 46.7 Å². The van der Waals surface area contributed by atoms with Crippen molar-refractivity contribution in [2.45, 2.75) is 155 Å². The molecule has 1 fully saturated rings. The fourth-order valence-electron chi connectivity index (χ4n) is 9.52. The molecule has 9 N–H and O–H groups in total. The topological polar surface area (TPSA) is 277 Å². The number of ether oxygens (including phenoxy) is 3. The fraction of sp³-hybridized carbons (Fsp3) is 0.642. The number of rotatable bonds is 28. The number of aliphatic hydroxyl groups is 1. The summed E-state index contributed by atoms with van der Waals surface area (Å²) in [6.45, 7) is 15.3. The number of nitrogens with zero attached hydrogens (tertiary/aromatic N) is 3. The Bertz CT molecular complexity index is 2100. The van der Waals surface area contributed by atoms with Gasteiger partial charge in [-0.25, -0.2) is 9.59 Å². The number of hydrogen-bond donors (Lipinski definition) is 7. The van der Waals surface area contributed by atoms with Gasteiger partial charge in [0.15, 0.2) is 0 Å². The Hall–Kier alpha value is -5.83. The van der Waals surface area contributed by atoms with Crippen LogP contribution in [0.5, 0.6) is 0 Å². The number of carbonyl (C=O) groups is 7. The lowest BCUT2D eigenvalue weighted by Crippen LogP contribution is -2.60. The van der Waals surface area contributed by atoms with Crippen molar-refractivity contribution in [1.29, 1.82) is 0 Å².